The maximum Gasteiger partial charge on any atom is 0.139 e. The molecular formula is C19H19Cl2N3O. The first kappa shape index (κ1) is 17.9. The van der Waals surface area contributed by atoms with Crippen LogP contribution in [0.25, 0.3) is 10.9 Å². The predicted molar refractivity (Wildman–Crippen MR) is 105 cm³/mol. The molecule has 0 atom stereocenters. The van der Waals surface area contributed by atoms with Crippen molar-refractivity contribution in [1.82, 2.24) is 9.88 Å². The molecule has 2 aromatic rings. The number of allylic oxidation sites excluding steroid dienone is 3. The molecule has 3 rings (SSSR count). The van der Waals surface area contributed by atoms with E-state index in [4.69, 9.17) is 32.9 Å². The number of halogens is 2. The Balaban J connectivity index is 2.37. The lowest BCUT2D eigenvalue weighted by molar-refractivity contribution is 0.353. The Morgan fingerprint density at radius 2 is 2.04 bits per heavy atom. The minimum absolute atomic E-state index is 0.373. The van der Waals surface area contributed by atoms with E-state index in [0.29, 0.717) is 21.3 Å². The van der Waals surface area contributed by atoms with E-state index in [1.165, 1.54) is 5.56 Å². The number of hydrogen-bond acceptors (Lipinski definition) is 4. The van der Waals surface area contributed by atoms with Gasteiger partial charge in [-0.05, 0) is 30.3 Å². The van der Waals surface area contributed by atoms with Gasteiger partial charge in [-0.2, -0.15) is 0 Å². The Kier molecular flexibility index (Phi) is 5.13. The minimum atomic E-state index is 0.373. The Labute approximate surface area is 157 Å². The number of rotatable bonds is 4. The van der Waals surface area contributed by atoms with E-state index in [1.807, 2.05) is 18.2 Å². The van der Waals surface area contributed by atoms with Crippen LogP contribution >= 0.6 is 23.2 Å². The Morgan fingerprint density at radius 1 is 1.32 bits per heavy atom. The van der Waals surface area contributed by atoms with Gasteiger partial charge in [0.05, 0.1) is 29.1 Å². The first-order chi connectivity index (χ1) is 12.0. The Morgan fingerprint density at radius 3 is 2.68 bits per heavy atom. The summed E-state index contributed by atoms with van der Waals surface area (Å²) in [5.41, 5.74) is 4.63. The van der Waals surface area contributed by atoms with Crippen LogP contribution in [-0.4, -0.2) is 36.8 Å². The minimum Gasteiger partial charge on any atom is -0.495 e. The third-order valence-corrected chi connectivity index (χ3v) is 5.14. The molecular weight excluding hydrogens is 357 g/mol. The highest BCUT2D eigenvalue weighted by molar-refractivity contribution is 6.46. The number of hydrogen-bond donors (Lipinski definition) is 0. The highest BCUT2D eigenvalue weighted by atomic mass is 35.5. The van der Waals surface area contributed by atoms with Crippen molar-refractivity contribution in [2.45, 2.75) is 13.1 Å². The summed E-state index contributed by atoms with van der Waals surface area (Å²) in [6.07, 6.45) is 5.47. The molecule has 0 fully saturated rings. The number of nitrogens with zero attached hydrogens (tertiary/aromatic N) is 3. The third kappa shape index (κ3) is 3.06. The van der Waals surface area contributed by atoms with Gasteiger partial charge in [-0.3, -0.25) is 9.89 Å². The summed E-state index contributed by atoms with van der Waals surface area (Å²) < 4.78 is 5.37. The molecule has 130 valence electrons. The number of methoxy groups -OCH3 is 1. The normalized spacial score (nSPS) is 15.2. The molecule has 0 aliphatic carbocycles. The van der Waals surface area contributed by atoms with Crippen molar-refractivity contribution in [3.05, 3.63) is 57.7 Å². The van der Waals surface area contributed by atoms with E-state index >= 15 is 0 Å². The quantitative estimate of drug-likeness (QED) is 0.576. The zero-order chi connectivity index (χ0) is 18.1. The zero-order valence-corrected chi connectivity index (χ0v) is 15.9. The second-order valence-corrected chi connectivity index (χ2v) is 6.65. The van der Waals surface area contributed by atoms with E-state index in [-0.39, 0.29) is 0 Å². The highest BCUT2D eigenvalue weighted by Crippen LogP contribution is 2.41. The van der Waals surface area contributed by atoms with Crippen LogP contribution in [0.1, 0.15) is 16.8 Å². The molecule has 1 aromatic carbocycles. The van der Waals surface area contributed by atoms with Crippen LogP contribution in [0, 0.1) is 0 Å². The second kappa shape index (κ2) is 7.16. The summed E-state index contributed by atoms with van der Waals surface area (Å²) in [6, 6.07) is 1.92. The molecule has 1 aromatic heterocycles. The fourth-order valence-corrected chi connectivity index (χ4v) is 3.60. The van der Waals surface area contributed by atoms with Gasteiger partial charge >= 0.3 is 0 Å². The van der Waals surface area contributed by atoms with Gasteiger partial charge in [0.2, 0.25) is 0 Å². The molecule has 4 nitrogen and oxygen atoms in total. The summed E-state index contributed by atoms with van der Waals surface area (Å²) >= 11 is 12.8. The topological polar surface area (TPSA) is 37.7 Å². The van der Waals surface area contributed by atoms with E-state index in [1.54, 1.807) is 20.2 Å². The standard InChI is InChI=1S/C19H19Cl2N3O/c1-5-6-7-14(22-2)18-13-10-24(3)9-12(13)11-8-15(25-4)16(20)17(21)19(11)23-18/h5-8H,1,9-10H2,2-4H3/b7-6-,22-14?. The maximum atomic E-state index is 6.51. The lowest BCUT2D eigenvalue weighted by Crippen LogP contribution is -2.10. The third-order valence-electron chi connectivity index (χ3n) is 4.30. The van der Waals surface area contributed by atoms with E-state index in [0.717, 1.165) is 35.4 Å². The molecule has 1 aliphatic rings. The monoisotopic (exact) mass is 375 g/mol. The number of fused-ring (bicyclic) bond motifs is 3. The molecule has 0 saturated carbocycles. The molecule has 0 radical (unpaired) electrons. The van der Waals surface area contributed by atoms with Gasteiger partial charge in [0.1, 0.15) is 10.8 Å². The van der Waals surface area contributed by atoms with Crippen LogP contribution in [0.2, 0.25) is 10.0 Å². The summed E-state index contributed by atoms with van der Waals surface area (Å²) in [4.78, 5) is 11.4. The van der Waals surface area contributed by atoms with Crippen molar-refractivity contribution < 1.29 is 4.74 Å². The van der Waals surface area contributed by atoms with Crippen LogP contribution < -0.4 is 4.74 Å². The van der Waals surface area contributed by atoms with Crippen LogP contribution in [0.4, 0.5) is 0 Å². The fraction of sp³-hybridized carbons (Fsp3) is 0.263. The van der Waals surface area contributed by atoms with Crippen LogP contribution in [0.15, 0.2) is 35.9 Å². The number of ether oxygens (including phenoxy) is 1. The maximum absolute atomic E-state index is 6.51. The van der Waals surface area contributed by atoms with Crippen LogP contribution in [0.5, 0.6) is 5.75 Å². The van der Waals surface area contributed by atoms with Crippen molar-refractivity contribution in [3.63, 3.8) is 0 Å². The first-order valence-corrected chi connectivity index (χ1v) is 8.59. The van der Waals surface area contributed by atoms with Gasteiger partial charge in [0.15, 0.2) is 0 Å². The van der Waals surface area contributed by atoms with Crippen LogP contribution in [0.3, 0.4) is 0 Å². The smallest absolute Gasteiger partial charge is 0.139 e. The largest absolute Gasteiger partial charge is 0.495 e. The molecule has 1 aliphatic heterocycles. The number of aliphatic imine (C=N–C) groups is 1. The summed E-state index contributed by atoms with van der Waals surface area (Å²) in [7, 11) is 5.41. The average molecular weight is 376 g/mol. The Bertz CT molecular complexity index is 919. The molecule has 0 bridgehead atoms. The highest BCUT2D eigenvalue weighted by Gasteiger charge is 2.27. The summed E-state index contributed by atoms with van der Waals surface area (Å²) in [5, 5.41) is 1.74. The van der Waals surface area contributed by atoms with Crippen molar-refractivity contribution in [2.75, 3.05) is 21.2 Å². The summed E-state index contributed by atoms with van der Waals surface area (Å²) in [5.74, 6) is 0.557. The van der Waals surface area contributed by atoms with Gasteiger partial charge < -0.3 is 4.74 Å². The number of benzene rings is 1. The SMILES string of the molecule is C=C/C=C\C(=NC)c1nc2c(Cl)c(Cl)c(OC)cc2c2c1CN(C)C2. The molecule has 2 heterocycles. The second-order valence-electron chi connectivity index (χ2n) is 5.90. The molecule has 0 saturated heterocycles. The summed E-state index contributed by atoms with van der Waals surface area (Å²) in [6.45, 7) is 5.33. The zero-order valence-electron chi connectivity index (χ0n) is 14.4. The van der Waals surface area contributed by atoms with Crippen molar-refractivity contribution in [1.29, 1.82) is 0 Å². The van der Waals surface area contributed by atoms with Gasteiger partial charge in [-0.1, -0.05) is 41.9 Å². The average Bonchev–Trinajstić information content (AvgIpc) is 3.00. The van der Waals surface area contributed by atoms with Crippen molar-refractivity contribution in [2.24, 2.45) is 4.99 Å². The molecule has 0 spiro atoms. The molecule has 0 N–H and O–H groups in total. The first-order valence-electron chi connectivity index (χ1n) is 7.84. The predicted octanol–water partition coefficient (Wildman–Crippen LogP) is 4.66. The number of aromatic nitrogens is 1. The molecule has 25 heavy (non-hydrogen) atoms. The molecule has 6 heteroatoms. The van der Waals surface area contributed by atoms with Gasteiger partial charge in [0, 0.05) is 25.5 Å². The van der Waals surface area contributed by atoms with Crippen molar-refractivity contribution >= 4 is 39.8 Å². The van der Waals surface area contributed by atoms with Gasteiger partial charge in [-0.25, -0.2) is 4.98 Å². The van der Waals surface area contributed by atoms with Gasteiger partial charge in [0.25, 0.3) is 0 Å². The molecule has 0 amide bonds. The van der Waals surface area contributed by atoms with E-state index in [2.05, 4.69) is 23.5 Å². The van der Waals surface area contributed by atoms with E-state index in [9.17, 15) is 0 Å². The number of pyridine rings is 1. The van der Waals surface area contributed by atoms with Crippen molar-refractivity contribution in [3.8, 4) is 5.75 Å². The lowest BCUT2D eigenvalue weighted by atomic mass is 10.00. The lowest BCUT2D eigenvalue weighted by Gasteiger charge is -2.14. The fourth-order valence-electron chi connectivity index (χ4n) is 3.14. The Hall–Kier alpha value is -1.88. The van der Waals surface area contributed by atoms with Gasteiger partial charge in [-0.15, -0.1) is 0 Å². The molecule has 0 unspecified atom stereocenters. The van der Waals surface area contributed by atoms with E-state index < -0.39 is 0 Å². The van der Waals surface area contributed by atoms with Crippen LogP contribution in [-0.2, 0) is 13.1 Å².